The zero-order valence-corrected chi connectivity index (χ0v) is 17.1. The minimum absolute atomic E-state index is 0.295. The van der Waals surface area contributed by atoms with Gasteiger partial charge in [0.2, 0.25) is 5.91 Å². The summed E-state index contributed by atoms with van der Waals surface area (Å²) < 4.78 is 1.53. The molecule has 2 aliphatic rings. The van der Waals surface area contributed by atoms with E-state index in [1.807, 2.05) is 6.07 Å². The van der Waals surface area contributed by atoms with Crippen LogP contribution in [0.2, 0.25) is 0 Å². The van der Waals surface area contributed by atoms with E-state index in [1.54, 1.807) is 25.2 Å². The van der Waals surface area contributed by atoms with E-state index in [-0.39, 0.29) is 12.5 Å². The van der Waals surface area contributed by atoms with Crippen LogP contribution >= 0.6 is 0 Å². The van der Waals surface area contributed by atoms with Crippen LogP contribution in [0.3, 0.4) is 0 Å². The lowest BCUT2D eigenvalue weighted by Gasteiger charge is -2.34. The number of aromatic nitrogens is 4. The Hall–Kier alpha value is -3.30. The number of imide groups is 1. The minimum Gasteiger partial charge on any atom is -0.325 e. The molecule has 1 aliphatic carbocycles. The molecule has 10 heteroatoms. The molecule has 158 valence electrons. The summed E-state index contributed by atoms with van der Waals surface area (Å²) in [7, 11) is 1.72. The third-order valence-electron chi connectivity index (χ3n) is 6.11. The average molecular weight is 411 g/mol. The van der Waals surface area contributed by atoms with Crippen molar-refractivity contribution >= 4 is 23.5 Å². The number of benzene rings is 1. The molecule has 2 aromatic rings. The van der Waals surface area contributed by atoms with Gasteiger partial charge in [-0.15, -0.1) is 5.10 Å². The first-order valence-corrected chi connectivity index (χ1v) is 10.2. The van der Waals surface area contributed by atoms with Crippen molar-refractivity contribution in [2.75, 3.05) is 11.9 Å². The highest BCUT2D eigenvalue weighted by atomic mass is 16.2. The Balaban J connectivity index is 1.42. The van der Waals surface area contributed by atoms with Crippen LogP contribution in [-0.4, -0.2) is 55.0 Å². The molecule has 2 heterocycles. The van der Waals surface area contributed by atoms with Gasteiger partial charge in [-0.05, 0) is 54.2 Å². The highest BCUT2D eigenvalue weighted by Gasteiger charge is 2.52. The van der Waals surface area contributed by atoms with Gasteiger partial charge < -0.3 is 10.6 Å². The summed E-state index contributed by atoms with van der Waals surface area (Å²) in [4.78, 5) is 39.0. The predicted molar refractivity (Wildman–Crippen MR) is 108 cm³/mol. The molecule has 0 radical (unpaired) electrons. The van der Waals surface area contributed by atoms with Gasteiger partial charge in [0.05, 0.1) is 0 Å². The van der Waals surface area contributed by atoms with E-state index in [2.05, 4.69) is 33.1 Å². The third-order valence-corrected chi connectivity index (χ3v) is 6.11. The number of hydrogen-bond acceptors (Lipinski definition) is 6. The highest BCUT2D eigenvalue weighted by molar-refractivity contribution is 6.10. The molecule has 1 saturated carbocycles. The second-order valence-corrected chi connectivity index (χ2v) is 8.01. The van der Waals surface area contributed by atoms with Gasteiger partial charge in [-0.3, -0.25) is 14.5 Å². The van der Waals surface area contributed by atoms with E-state index in [4.69, 9.17) is 0 Å². The predicted octanol–water partition coefficient (Wildman–Crippen LogP) is 1.71. The first kappa shape index (κ1) is 20.0. The van der Waals surface area contributed by atoms with Crippen LogP contribution in [0.5, 0.6) is 0 Å². The first-order chi connectivity index (χ1) is 14.4. The summed E-state index contributed by atoms with van der Waals surface area (Å²) in [5, 5.41) is 17.0. The lowest BCUT2D eigenvalue weighted by molar-refractivity contribution is -0.135. The number of tetrazole rings is 1. The van der Waals surface area contributed by atoms with E-state index >= 15 is 0 Å². The number of aryl methyl sites for hydroxylation is 1. The number of rotatable bonds is 5. The Morgan fingerprint density at radius 2 is 2.07 bits per heavy atom. The quantitative estimate of drug-likeness (QED) is 0.722. The van der Waals surface area contributed by atoms with Gasteiger partial charge >= 0.3 is 6.03 Å². The zero-order valence-electron chi connectivity index (χ0n) is 17.1. The molecule has 1 aliphatic heterocycles. The van der Waals surface area contributed by atoms with Crippen LogP contribution < -0.4 is 10.6 Å². The number of carbonyl (C=O) groups is 3. The van der Waals surface area contributed by atoms with Crippen molar-refractivity contribution in [3.05, 3.63) is 24.3 Å². The number of anilines is 1. The van der Waals surface area contributed by atoms with Gasteiger partial charge in [-0.2, -0.15) is 0 Å². The van der Waals surface area contributed by atoms with E-state index in [1.165, 1.54) is 4.68 Å². The molecule has 0 atom stereocenters. The molecule has 0 unspecified atom stereocenters. The monoisotopic (exact) mass is 411 g/mol. The van der Waals surface area contributed by atoms with Crippen molar-refractivity contribution in [3.8, 4) is 11.4 Å². The maximum atomic E-state index is 13.0. The molecule has 1 aromatic carbocycles. The Kier molecular flexibility index (Phi) is 5.23. The van der Waals surface area contributed by atoms with Crippen LogP contribution in [0.15, 0.2) is 24.3 Å². The largest absolute Gasteiger partial charge is 0.325 e. The minimum atomic E-state index is -0.846. The van der Waals surface area contributed by atoms with Crippen molar-refractivity contribution in [1.82, 2.24) is 30.4 Å². The normalized spacial score (nSPS) is 23.7. The summed E-state index contributed by atoms with van der Waals surface area (Å²) in [5.74, 6) is 0.418. The average Bonchev–Trinajstić information content (AvgIpc) is 3.26. The Morgan fingerprint density at radius 3 is 2.73 bits per heavy atom. The van der Waals surface area contributed by atoms with Gasteiger partial charge in [-0.25, -0.2) is 9.48 Å². The molecule has 2 N–H and O–H groups in total. The molecule has 4 amide bonds. The van der Waals surface area contributed by atoms with Crippen LogP contribution in [0.25, 0.3) is 11.4 Å². The fourth-order valence-corrected chi connectivity index (χ4v) is 4.29. The zero-order chi connectivity index (χ0) is 21.3. The van der Waals surface area contributed by atoms with Crippen LogP contribution in [0.4, 0.5) is 10.5 Å². The lowest BCUT2D eigenvalue weighted by Crippen LogP contribution is -2.49. The van der Waals surface area contributed by atoms with Crippen molar-refractivity contribution in [2.24, 2.45) is 13.0 Å². The van der Waals surface area contributed by atoms with E-state index in [0.717, 1.165) is 29.7 Å². The summed E-state index contributed by atoms with van der Waals surface area (Å²) >= 11 is 0. The van der Waals surface area contributed by atoms with Crippen LogP contribution in [0.1, 0.15) is 39.0 Å². The van der Waals surface area contributed by atoms with Gasteiger partial charge in [-0.1, -0.05) is 25.5 Å². The van der Waals surface area contributed by atoms with Crippen molar-refractivity contribution in [3.63, 3.8) is 0 Å². The Morgan fingerprint density at radius 1 is 1.30 bits per heavy atom. The fraction of sp³-hybridized carbons (Fsp3) is 0.500. The second kappa shape index (κ2) is 7.85. The van der Waals surface area contributed by atoms with Crippen molar-refractivity contribution < 1.29 is 14.4 Å². The Bertz CT molecular complexity index is 978. The van der Waals surface area contributed by atoms with E-state index in [0.29, 0.717) is 30.3 Å². The molecular formula is C20H25N7O3. The first-order valence-electron chi connectivity index (χ1n) is 10.2. The van der Waals surface area contributed by atoms with Crippen LogP contribution in [-0.2, 0) is 16.6 Å². The molecule has 4 rings (SSSR count). The van der Waals surface area contributed by atoms with Crippen molar-refractivity contribution in [1.29, 1.82) is 0 Å². The summed E-state index contributed by atoms with van der Waals surface area (Å²) in [6.07, 6.45) is 4.15. The third kappa shape index (κ3) is 3.64. The van der Waals surface area contributed by atoms with Crippen molar-refractivity contribution in [2.45, 2.75) is 44.6 Å². The summed E-state index contributed by atoms with van der Waals surface area (Å²) in [5.41, 5.74) is 0.425. The fourth-order valence-electron chi connectivity index (χ4n) is 4.29. The number of amides is 4. The molecule has 30 heavy (non-hydrogen) atoms. The maximum absolute atomic E-state index is 13.0. The highest BCUT2D eigenvalue weighted by Crippen LogP contribution is 2.37. The second-order valence-electron chi connectivity index (χ2n) is 8.01. The SMILES string of the molecule is CCC1CCC2(CC1)NC(=O)N(CC(=O)Nc1cccc(-c3nnnn3C)c1)C2=O. The number of carbonyl (C=O) groups excluding carboxylic acids is 3. The van der Waals surface area contributed by atoms with Gasteiger partial charge in [0.1, 0.15) is 12.1 Å². The smallest absolute Gasteiger partial charge is 0.325 e. The van der Waals surface area contributed by atoms with E-state index in [9.17, 15) is 14.4 Å². The summed E-state index contributed by atoms with van der Waals surface area (Å²) in [6, 6.07) is 6.57. The number of nitrogens with zero attached hydrogens (tertiary/aromatic N) is 5. The number of nitrogens with one attached hydrogen (secondary N) is 2. The maximum Gasteiger partial charge on any atom is 0.325 e. The summed E-state index contributed by atoms with van der Waals surface area (Å²) in [6.45, 7) is 1.82. The number of urea groups is 1. The van der Waals surface area contributed by atoms with Gasteiger partial charge in [0.25, 0.3) is 5.91 Å². The molecule has 1 saturated heterocycles. The molecular weight excluding hydrogens is 386 g/mol. The standard InChI is InChI=1S/C20H25N7O3/c1-3-13-7-9-20(10-8-13)18(29)27(19(30)22-20)12-16(28)21-15-6-4-5-14(11-15)17-23-24-25-26(17)2/h4-6,11,13H,3,7-10,12H2,1-2H3,(H,21,28)(H,22,30). The molecule has 1 aromatic heterocycles. The van der Waals surface area contributed by atoms with Gasteiger partial charge in [0, 0.05) is 18.3 Å². The van der Waals surface area contributed by atoms with Gasteiger partial charge in [0.15, 0.2) is 5.82 Å². The molecule has 1 spiro atoms. The van der Waals surface area contributed by atoms with Crippen LogP contribution in [0, 0.1) is 5.92 Å². The Labute approximate surface area is 174 Å². The topological polar surface area (TPSA) is 122 Å². The molecule has 10 nitrogen and oxygen atoms in total. The lowest BCUT2D eigenvalue weighted by atomic mass is 9.75. The van der Waals surface area contributed by atoms with E-state index < -0.39 is 17.5 Å². The molecule has 0 bridgehead atoms. The number of hydrogen-bond donors (Lipinski definition) is 2. The molecule has 2 fully saturated rings.